The second-order valence-electron chi connectivity index (χ2n) is 2.86. The highest BCUT2D eigenvalue weighted by atomic mass is 14.9. The topological polar surface area (TPSA) is 38.0 Å². The van der Waals surface area contributed by atoms with E-state index in [-0.39, 0.29) is 0 Å². The van der Waals surface area contributed by atoms with Crippen LogP contribution in [0.1, 0.15) is 5.56 Å². The molecule has 2 rings (SSSR count). The Bertz CT molecular complexity index is 315. The van der Waals surface area contributed by atoms with Crippen LogP contribution in [0.4, 0.5) is 5.69 Å². The van der Waals surface area contributed by atoms with E-state index in [9.17, 15) is 0 Å². The predicted octanol–water partition coefficient (Wildman–Crippen LogP) is 1.45. The van der Waals surface area contributed by atoms with E-state index < -0.39 is 0 Å². The van der Waals surface area contributed by atoms with E-state index >= 15 is 0 Å². The van der Waals surface area contributed by atoms with Crippen LogP contribution in [-0.2, 0) is 0 Å². The van der Waals surface area contributed by atoms with Gasteiger partial charge < -0.3 is 11.1 Å². The summed E-state index contributed by atoms with van der Waals surface area (Å²) in [6.45, 7) is 1.52. The molecule has 0 radical (unpaired) electrons. The molecule has 1 heterocycles. The molecule has 1 aliphatic rings. The number of para-hydroxylation sites is 1. The molecule has 0 aliphatic carbocycles. The summed E-state index contributed by atoms with van der Waals surface area (Å²) in [7, 11) is 0. The van der Waals surface area contributed by atoms with Crippen LogP contribution >= 0.6 is 0 Å². The van der Waals surface area contributed by atoms with Crippen molar-refractivity contribution in [3.8, 4) is 0 Å². The molecular weight excluding hydrogens is 148 g/mol. The van der Waals surface area contributed by atoms with Crippen LogP contribution in [0.2, 0.25) is 0 Å². The third-order valence-corrected chi connectivity index (χ3v) is 2.13. The van der Waals surface area contributed by atoms with Crippen LogP contribution in [-0.4, -0.2) is 13.1 Å². The van der Waals surface area contributed by atoms with Crippen LogP contribution < -0.4 is 11.1 Å². The summed E-state index contributed by atoms with van der Waals surface area (Å²) < 4.78 is 0. The molecule has 0 saturated carbocycles. The predicted molar refractivity (Wildman–Crippen MR) is 52.0 cm³/mol. The molecule has 2 nitrogen and oxygen atoms in total. The third kappa shape index (κ3) is 1.10. The van der Waals surface area contributed by atoms with E-state index in [1.165, 1.54) is 16.8 Å². The molecule has 0 fully saturated rings. The van der Waals surface area contributed by atoms with Gasteiger partial charge >= 0.3 is 0 Å². The number of nitrogens with two attached hydrogens (primary N) is 1. The van der Waals surface area contributed by atoms with Gasteiger partial charge in [0.2, 0.25) is 0 Å². The lowest BCUT2D eigenvalue weighted by Crippen LogP contribution is -2.12. The first-order valence-corrected chi connectivity index (χ1v) is 4.14. The lowest BCUT2D eigenvalue weighted by atomic mass is 10.0. The van der Waals surface area contributed by atoms with Crippen molar-refractivity contribution in [2.24, 2.45) is 5.73 Å². The summed E-state index contributed by atoms with van der Waals surface area (Å²) in [4.78, 5) is 0. The molecule has 3 N–H and O–H groups in total. The number of hydrogen-bond donors (Lipinski definition) is 2. The molecule has 0 atom stereocenters. The summed E-state index contributed by atoms with van der Waals surface area (Å²) in [5, 5.41) is 3.29. The molecule has 0 saturated heterocycles. The number of rotatable bonds is 1. The first-order valence-electron chi connectivity index (χ1n) is 4.14. The SMILES string of the molecule is NCC1=CCNc2ccccc21. The van der Waals surface area contributed by atoms with E-state index in [0.717, 1.165) is 6.54 Å². The van der Waals surface area contributed by atoms with Gasteiger partial charge in [-0.25, -0.2) is 0 Å². The van der Waals surface area contributed by atoms with E-state index in [0.29, 0.717) is 6.54 Å². The van der Waals surface area contributed by atoms with Gasteiger partial charge in [0.05, 0.1) is 0 Å². The van der Waals surface area contributed by atoms with Crippen LogP contribution in [0, 0.1) is 0 Å². The minimum atomic E-state index is 0.624. The van der Waals surface area contributed by atoms with Crippen LogP contribution in [0.5, 0.6) is 0 Å². The zero-order valence-electron chi connectivity index (χ0n) is 6.88. The Morgan fingerprint density at radius 1 is 1.33 bits per heavy atom. The Labute approximate surface area is 72.1 Å². The van der Waals surface area contributed by atoms with Crippen molar-refractivity contribution >= 4 is 11.3 Å². The lowest BCUT2D eigenvalue weighted by molar-refractivity contribution is 1.20. The standard InChI is InChI=1S/C10H12N2/c11-7-8-5-6-12-10-4-2-1-3-9(8)10/h1-5,12H,6-7,11H2. The summed E-state index contributed by atoms with van der Waals surface area (Å²) in [5.41, 5.74) is 9.30. The highest BCUT2D eigenvalue weighted by molar-refractivity contribution is 5.79. The van der Waals surface area contributed by atoms with Crippen molar-refractivity contribution in [2.75, 3.05) is 18.4 Å². The molecule has 0 bridgehead atoms. The van der Waals surface area contributed by atoms with Crippen molar-refractivity contribution in [3.63, 3.8) is 0 Å². The molecule has 0 aromatic heterocycles. The molecule has 1 aromatic carbocycles. The molecule has 1 aliphatic heterocycles. The van der Waals surface area contributed by atoms with Crippen LogP contribution in [0.15, 0.2) is 30.3 Å². The van der Waals surface area contributed by atoms with Crippen LogP contribution in [0.3, 0.4) is 0 Å². The van der Waals surface area contributed by atoms with Crippen molar-refractivity contribution < 1.29 is 0 Å². The van der Waals surface area contributed by atoms with Gasteiger partial charge in [-0.2, -0.15) is 0 Å². The Kier molecular flexibility index (Phi) is 1.84. The average Bonchev–Trinajstić information content (AvgIpc) is 2.17. The van der Waals surface area contributed by atoms with Gasteiger partial charge in [0.25, 0.3) is 0 Å². The Morgan fingerprint density at radius 3 is 3.00 bits per heavy atom. The van der Waals surface area contributed by atoms with Crippen molar-refractivity contribution in [3.05, 3.63) is 35.9 Å². The van der Waals surface area contributed by atoms with Crippen molar-refractivity contribution in [2.45, 2.75) is 0 Å². The van der Waals surface area contributed by atoms with Gasteiger partial charge in [-0.05, 0) is 11.6 Å². The second-order valence-corrected chi connectivity index (χ2v) is 2.86. The molecule has 12 heavy (non-hydrogen) atoms. The van der Waals surface area contributed by atoms with E-state index in [2.05, 4.69) is 23.5 Å². The number of nitrogens with one attached hydrogen (secondary N) is 1. The summed E-state index contributed by atoms with van der Waals surface area (Å²) in [6, 6.07) is 8.25. The number of anilines is 1. The number of benzene rings is 1. The Morgan fingerprint density at radius 2 is 2.17 bits per heavy atom. The summed E-state index contributed by atoms with van der Waals surface area (Å²) in [5.74, 6) is 0. The van der Waals surface area contributed by atoms with E-state index in [1.807, 2.05) is 12.1 Å². The fraction of sp³-hybridized carbons (Fsp3) is 0.200. The monoisotopic (exact) mass is 160 g/mol. The Hall–Kier alpha value is -1.28. The molecule has 0 spiro atoms. The molecule has 2 heteroatoms. The van der Waals surface area contributed by atoms with Gasteiger partial charge in [0.15, 0.2) is 0 Å². The van der Waals surface area contributed by atoms with Gasteiger partial charge in [-0.1, -0.05) is 24.3 Å². The summed E-state index contributed by atoms with van der Waals surface area (Å²) >= 11 is 0. The first-order chi connectivity index (χ1) is 5.92. The number of fused-ring (bicyclic) bond motifs is 1. The van der Waals surface area contributed by atoms with Crippen LogP contribution in [0.25, 0.3) is 5.57 Å². The first kappa shape index (κ1) is 7.37. The highest BCUT2D eigenvalue weighted by Crippen LogP contribution is 2.25. The molecule has 62 valence electrons. The fourth-order valence-electron chi connectivity index (χ4n) is 1.50. The molecule has 0 unspecified atom stereocenters. The maximum atomic E-state index is 5.62. The van der Waals surface area contributed by atoms with E-state index in [1.54, 1.807) is 0 Å². The van der Waals surface area contributed by atoms with Crippen molar-refractivity contribution in [1.82, 2.24) is 0 Å². The maximum absolute atomic E-state index is 5.62. The van der Waals surface area contributed by atoms with Gasteiger partial charge in [-0.15, -0.1) is 0 Å². The smallest absolute Gasteiger partial charge is 0.0419 e. The molecule has 0 amide bonds. The highest BCUT2D eigenvalue weighted by Gasteiger charge is 2.08. The van der Waals surface area contributed by atoms with Gasteiger partial charge in [0, 0.05) is 24.3 Å². The average molecular weight is 160 g/mol. The second kappa shape index (κ2) is 2.99. The zero-order chi connectivity index (χ0) is 8.39. The molecular formula is C10H12N2. The normalized spacial score (nSPS) is 14.6. The lowest BCUT2D eigenvalue weighted by Gasteiger charge is -2.17. The maximum Gasteiger partial charge on any atom is 0.0419 e. The van der Waals surface area contributed by atoms with Gasteiger partial charge in [0.1, 0.15) is 0 Å². The fourth-order valence-corrected chi connectivity index (χ4v) is 1.50. The molecule has 1 aromatic rings. The van der Waals surface area contributed by atoms with Gasteiger partial charge in [-0.3, -0.25) is 0 Å². The zero-order valence-corrected chi connectivity index (χ0v) is 6.88. The minimum Gasteiger partial charge on any atom is -0.381 e. The Balaban J connectivity index is 2.48. The largest absolute Gasteiger partial charge is 0.381 e. The minimum absolute atomic E-state index is 0.624. The summed E-state index contributed by atoms with van der Waals surface area (Å²) in [6.07, 6.45) is 2.14. The quantitative estimate of drug-likeness (QED) is 0.652. The van der Waals surface area contributed by atoms with E-state index in [4.69, 9.17) is 5.73 Å². The number of hydrogen-bond acceptors (Lipinski definition) is 2. The third-order valence-electron chi connectivity index (χ3n) is 2.13. The van der Waals surface area contributed by atoms with Crippen molar-refractivity contribution in [1.29, 1.82) is 0 Å².